The van der Waals surface area contributed by atoms with Gasteiger partial charge < -0.3 is 9.47 Å². The molecule has 1 rings (SSSR count). The Morgan fingerprint density at radius 2 is 1.92 bits per heavy atom. The molecule has 0 N–H and O–H groups in total. The predicted octanol–water partition coefficient (Wildman–Crippen LogP) is 2.95. The minimum atomic E-state index is -0.0991. The molecule has 3 heteroatoms. The maximum Gasteiger partial charge on any atom is 0.159 e. The first kappa shape index (κ1) is 11.5. The molecule has 0 aromatic carbocycles. The van der Waals surface area contributed by atoms with Crippen molar-refractivity contribution in [2.45, 2.75) is 46.0 Å². The zero-order valence-corrected chi connectivity index (χ0v) is 10.5. The topological polar surface area (TPSA) is 18.5 Å². The van der Waals surface area contributed by atoms with E-state index in [0.29, 0.717) is 0 Å². The molecule has 78 valence electrons. The van der Waals surface area contributed by atoms with Crippen molar-refractivity contribution in [3.05, 3.63) is 0 Å². The van der Waals surface area contributed by atoms with E-state index >= 15 is 0 Å². The van der Waals surface area contributed by atoms with E-state index in [1.807, 2.05) is 0 Å². The summed E-state index contributed by atoms with van der Waals surface area (Å²) in [5.74, 6) is 0. The lowest BCUT2D eigenvalue weighted by Gasteiger charge is -2.48. The van der Waals surface area contributed by atoms with Crippen LogP contribution in [0.2, 0.25) is 0 Å². The van der Waals surface area contributed by atoms with Gasteiger partial charge >= 0.3 is 0 Å². The van der Waals surface area contributed by atoms with Crippen LogP contribution in [0.25, 0.3) is 0 Å². The molecule has 1 atom stereocenters. The van der Waals surface area contributed by atoms with Gasteiger partial charge in [-0.1, -0.05) is 29.8 Å². The minimum Gasteiger partial charge on any atom is -0.352 e. The molecule has 1 aliphatic heterocycles. The molecule has 1 aliphatic rings. The third-order valence-corrected chi connectivity index (χ3v) is 3.49. The number of alkyl halides is 1. The van der Waals surface area contributed by atoms with Crippen molar-refractivity contribution < 1.29 is 9.47 Å². The second kappa shape index (κ2) is 3.87. The monoisotopic (exact) mass is 250 g/mol. The second-order valence-corrected chi connectivity index (χ2v) is 5.52. The quantitative estimate of drug-likeness (QED) is 0.702. The van der Waals surface area contributed by atoms with Gasteiger partial charge in [0.2, 0.25) is 0 Å². The molecule has 0 amide bonds. The highest BCUT2D eigenvalue weighted by Gasteiger charge is 2.44. The largest absolute Gasteiger partial charge is 0.352 e. The summed E-state index contributed by atoms with van der Waals surface area (Å²) in [6.07, 6.45) is 0.877. The van der Waals surface area contributed by atoms with Gasteiger partial charge in [0.25, 0.3) is 0 Å². The fraction of sp³-hybridized carbons (Fsp3) is 1.00. The summed E-state index contributed by atoms with van der Waals surface area (Å²) < 4.78 is 11.5. The summed E-state index contributed by atoms with van der Waals surface area (Å²) in [5, 5.41) is 0.925. The molecule has 13 heavy (non-hydrogen) atoms. The average molecular weight is 251 g/mol. The van der Waals surface area contributed by atoms with E-state index in [-0.39, 0.29) is 17.3 Å². The van der Waals surface area contributed by atoms with E-state index in [9.17, 15) is 0 Å². The summed E-state index contributed by atoms with van der Waals surface area (Å²) in [5.41, 5.74) is -0.00605. The number of halogens is 1. The van der Waals surface area contributed by atoms with Gasteiger partial charge in [-0.3, -0.25) is 0 Å². The van der Waals surface area contributed by atoms with Crippen LogP contribution in [0.1, 0.15) is 34.1 Å². The van der Waals surface area contributed by atoms with Gasteiger partial charge in [-0.05, 0) is 13.8 Å². The fourth-order valence-corrected chi connectivity index (χ4v) is 1.60. The first-order valence-corrected chi connectivity index (χ1v) is 5.86. The Morgan fingerprint density at radius 1 is 1.31 bits per heavy atom. The zero-order chi connectivity index (χ0) is 10.1. The Balaban J connectivity index is 2.59. The van der Waals surface area contributed by atoms with Crippen molar-refractivity contribution in [2.24, 2.45) is 5.41 Å². The molecule has 0 spiro atoms. The van der Waals surface area contributed by atoms with Crippen molar-refractivity contribution in [2.75, 3.05) is 11.9 Å². The van der Waals surface area contributed by atoms with Crippen LogP contribution >= 0.6 is 15.9 Å². The smallest absolute Gasteiger partial charge is 0.159 e. The van der Waals surface area contributed by atoms with Crippen molar-refractivity contribution in [1.82, 2.24) is 0 Å². The first-order valence-electron chi connectivity index (χ1n) is 4.74. The van der Waals surface area contributed by atoms with Gasteiger partial charge in [-0.15, -0.1) is 0 Å². The SMILES string of the molecule is CC1(C)COC(CCBr)OC1(C)C. The molecule has 0 aromatic heterocycles. The highest BCUT2D eigenvalue weighted by atomic mass is 79.9. The van der Waals surface area contributed by atoms with Gasteiger partial charge in [0.05, 0.1) is 12.2 Å². The van der Waals surface area contributed by atoms with Crippen LogP contribution in [0, 0.1) is 5.41 Å². The van der Waals surface area contributed by atoms with Crippen molar-refractivity contribution in [1.29, 1.82) is 0 Å². The molecule has 2 nitrogen and oxygen atoms in total. The van der Waals surface area contributed by atoms with E-state index in [0.717, 1.165) is 18.4 Å². The highest BCUT2D eigenvalue weighted by molar-refractivity contribution is 9.09. The first-order chi connectivity index (χ1) is 5.89. The average Bonchev–Trinajstić information content (AvgIpc) is 1.98. The molecule has 1 saturated heterocycles. The van der Waals surface area contributed by atoms with Crippen LogP contribution < -0.4 is 0 Å². The normalized spacial score (nSPS) is 31.6. The van der Waals surface area contributed by atoms with Crippen LogP contribution in [-0.2, 0) is 9.47 Å². The Hall–Kier alpha value is 0.400. The summed E-state index contributed by atoms with van der Waals surface area (Å²) in [7, 11) is 0. The Kier molecular flexibility index (Phi) is 3.42. The number of hydrogen-bond donors (Lipinski definition) is 0. The van der Waals surface area contributed by atoms with Gasteiger partial charge in [-0.2, -0.15) is 0 Å². The number of ether oxygens (including phenoxy) is 2. The van der Waals surface area contributed by atoms with Crippen LogP contribution in [0.15, 0.2) is 0 Å². The zero-order valence-electron chi connectivity index (χ0n) is 8.89. The second-order valence-electron chi connectivity index (χ2n) is 4.73. The molecule has 1 heterocycles. The van der Waals surface area contributed by atoms with Crippen LogP contribution in [0.3, 0.4) is 0 Å². The Morgan fingerprint density at radius 3 is 2.38 bits per heavy atom. The lowest BCUT2D eigenvalue weighted by atomic mass is 9.77. The van der Waals surface area contributed by atoms with E-state index in [4.69, 9.17) is 9.47 Å². The lowest BCUT2D eigenvalue weighted by Crippen LogP contribution is -2.52. The van der Waals surface area contributed by atoms with Gasteiger partial charge in [0.1, 0.15) is 0 Å². The van der Waals surface area contributed by atoms with Crippen molar-refractivity contribution >= 4 is 15.9 Å². The molecule has 0 aromatic rings. The molecular weight excluding hydrogens is 232 g/mol. The van der Waals surface area contributed by atoms with Gasteiger partial charge in [0.15, 0.2) is 6.29 Å². The molecule has 0 radical (unpaired) electrons. The Bertz CT molecular complexity index is 178. The standard InChI is InChI=1S/C10H19BrO2/c1-9(2)7-12-8(5-6-11)13-10(9,3)4/h8H,5-7H2,1-4H3. The van der Waals surface area contributed by atoms with E-state index < -0.39 is 0 Å². The van der Waals surface area contributed by atoms with Crippen molar-refractivity contribution in [3.63, 3.8) is 0 Å². The summed E-state index contributed by atoms with van der Waals surface area (Å²) in [4.78, 5) is 0. The number of rotatable bonds is 2. The molecule has 1 fully saturated rings. The van der Waals surface area contributed by atoms with Crippen LogP contribution in [-0.4, -0.2) is 23.8 Å². The van der Waals surface area contributed by atoms with Gasteiger partial charge in [-0.25, -0.2) is 0 Å². The van der Waals surface area contributed by atoms with E-state index in [1.165, 1.54) is 0 Å². The summed E-state index contributed by atoms with van der Waals surface area (Å²) in [6.45, 7) is 9.40. The highest BCUT2D eigenvalue weighted by Crippen LogP contribution is 2.39. The third kappa shape index (κ3) is 2.45. The third-order valence-electron chi connectivity index (χ3n) is 3.03. The Labute approximate surface area is 89.1 Å². The summed E-state index contributed by atoms with van der Waals surface area (Å²) >= 11 is 3.39. The predicted molar refractivity (Wildman–Crippen MR) is 57.1 cm³/mol. The fourth-order valence-electron chi connectivity index (χ4n) is 1.23. The maximum atomic E-state index is 5.88. The maximum absolute atomic E-state index is 5.88. The van der Waals surface area contributed by atoms with Gasteiger partial charge in [0, 0.05) is 17.2 Å². The summed E-state index contributed by atoms with van der Waals surface area (Å²) in [6, 6.07) is 0. The molecule has 0 aliphatic carbocycles. The van der Waals surface area contributed by atoms with Crippen LogP contribution in [0.5, 0.6) is 0 Å². The molecular formula is C10H19BrO2. The lowest BCUT2D eigenvalue weighted by molar-refractivity contribution is -0.295. The van der Waals surface area contributed by atoms with Crippen molar-refractivity contribution in [3.8, 4) is 0 Å². The van der Waals surface area contributed by atoms with E-state index in [2.05, 4.69) is 43.6 Å². The van der Waals surface area contributed by atoms with Crippen LogP contribution in [0.4, 0.5) is 0 Å². The molecule has 0 bridgehead atoms. The van der Waals surface area contributed by atoms with E-state index in [1.54, 1.807) is 0 Å². The molecule has 0 saturated carbocycles. The number of hydrogen-bond acceptors (Lipinski definition) is 2. The minimum absolute atomic E-state index is 0.0394. The molecule has 1 unspecified atom stereocenters.